The standard InChI is InChI=1S/C22H19F7N6O2/c1-12(17-32-11-35(33-17)20-30-5-2-6-31-20)34(10-13-3-4-13)18(36)14-7-15(21(25,26)27)9-16(8-14)37-22(28,29)19(23)24/h2,5-9,11-13,19H,3-4,10H2,1H3. The molecular formula is C22H19F7N6O2. The third-order valence-electron chi connectivity index (χ3n) is 5.51. The summed E-state index contributed by atoms with van der Waals surface area (Å²) in [5.41, 5.74) is -2.19. The molecule has 15 heteroatoms. The fourth-order valence-corrected chi connectivity index (χ4v) is 3.42. The number of carbonyl (C=O) groups is 1. The van der Waals surface area contributed by atoms with Crippen molar-refractivity contribution in [2.24, 2.45) is 5.92 Å². The van der Waals surface area contributed by atoms with Crippen LogP contribution in [0.25, 0.3) is 5.95 Å². The molecule has 1 amide bonds. The number of carbonyl (C=O) groups excluding carboxylic acids is 1. The second-order valence-electron chi connectivity index (χ2n) is 8.38. The molecule has 1 fully saturated rings. The highest BCUT2D eigenvalue weighted by molar-refractivity contribution is 5.95. The lowest BCUT2D eigenvalue weighted by Gasteiger charge is -2.28. The molecule has 37 heavy (non-hydrogen) atoms. The lowest BCUT2D eigenvalue weighted by Crippen LogP contribution is -2.36. The van der Waals surface area contributed by atoms with E-state index in [2.05, 4.69) is 24.8 Å². The van der Waals surface area contributed by atoms with Crippen LogP contribution in [0.5, 0.6) is 5.75 Å². The van der Waals surface area contributed by atoms with Gasteiger partial charge in [0.05, 0.1) is 11.6 Å². The van der Waals surface area contributed by atoms with Crippen molar-refractivity contribution >= 4 is 5.91 Å². The molecule has 0 bridgehead atoms. The Kier molecular flexibility index (Phi) is 7.06. The van der Waals surface area contributed by atoms with Gasteiger partial charge in [0.15, 0.2) is 5.82 Å². The van der Waals surface area contributed by atoms with E-state index in [4.69, 9.17) is 0 Å². The average Bonchev–Trinajstić information content (AvgIpc) is 3.53. The number of benzene rings is 1. The summed E-state index contributed by atoms with van der Waals surface area (Å²) in [4.78, 5) is 26.8. The molecule has 0 N–H and O–H groups in total. The Morgan fingerprint density at radius 2 is 1.78 bits per heavy atom. The van der Waals surface area contributed by atoms with Crippen molar-refractivity contribution in [1.29, 1.82) is 0 Å². The van der Waals surface area contributed by atoms with Crippen LogP contribution in [0.3, 0.4) is 0 Å². The maximum atomic E-state index is 13.5. The maximum Gasteiger partial charge on any atom is 0.461 e. The Morgan fingerprint density at radius 1 is 1.11 bits per heavy atom. The second-order valence-corrected chi connectivity index (χ2v) is 8.38. The summed E-state index contributed by atoms with van der Waals surface area (Å²) in [7, 11) is 0. The van der Waals surface area contributed by atoms with Gasteiger partial charge < -0.3 is 9.64 Å². The van der Waals surface area contributed by atoms with Gasteiger partial charge in [-0.1, -0.05) is 0 Å². The third-order valence-corrected chi connectivity index (χ3v) is 5.51. The molecule has 0 spiro atoms. The average molecular weight is 532 g/mol. The molecule has 2 aromatic heterocycles. The number of amides is 1. The maximum absolute atomic E-state index is 13.5. The minimum Gasteiger partial charge on any atom is -0.428 e. The Balaban J connectivity index is 1.68. The number of alkyl halides is 7. The zero-order chi connectivity index (χ0) is 27.0. The Bertz CT molecular complexity index is 1250. The van der Waals surface area contributed by atoms with Crippen molar-refractivity contribution < 1.29 is 40.3 Å². The van der Waals surface area contributed by atoms with Crippen LogP contribution in [-0.2, 0) is 6.18 Å². The molecule has 0 radical (unpaired) electrons. The molecule has 1 atom stereocenters. The minimum atomic E-state index is -5.07. The first-order valence-corrected chi connectivity index (χ1v) is 10.9. The van der Waals surface area contributed by atoms with Gasteiger partial charge in [0, 0.05) is 24.5 Å². The Hall–Kier alpha value is -3.78. The minimum absolute atomic E-state index is 0.0654. The summed E-state index contributed by atoms with van der Waals surface area (Å²) >= 11 is 0. The van der Waals surface area contributed by atoms with Gasteiger partial charge in [-0.15, -0.1) is 5.10 Å². The van der Waals surface area contributed by atoms with Crippen LogP contribution in [0.1, 0.15) is 47.6 Å². The predicted molar refractivity (Wildman–Crippen MR) is 112 cm³/mol. The van der Waals surface area contributed by atoms with Crippen LogP contribution >= 0.6 is 0 Å². The third kappa shape index (κ3) is 6.14. The van der Waals surface area contributed by atoms with E-state index >= 15 is 0 Å². The zero-order valence-electron chi connectivity index (χ0n) is 19.0. The van der Waals surface area contributed by atoms with Gasteiger partial charge in [0.25, 0.3) is 11.9 Å². The molecule has 1 unspecified atom stereocenters. The van der Waals surface area contributed by atoms with Crippen LogP contribution in [0, 0.1) is 5.92 Å². The van der Waals surface area contributed by atoms with Gasteiger partial charge in [0.1, 0.15) is 12.1 Å². The summed E-state index contributed by atoms with van der Waals surface area (Å²) in [5, 5.41) is 4.25. The first kappa shape index (κ1) is 26.3. The van der Waals surface area contributed by atoms with E-state index in [0.717, 1.165) is 12.8 Å². The van der Waals surface area contributed by atoms with Gasteiger partial charge in [-0.25, -0.2) is 15.0 Å². The molecule has 1 aliphatic carbocycles. The molecule has 4 rings (SSSR count). The lowest BCUT2D eigenvalue weighted by atomic mass is 10.1. The van der Waals surface area contributed by atoms with Crippen molar-refractivity contribution in [2.45, 2.75) is 44.5 Å². The monoisotopic (exact) mass is 532 g/mol. The van der Waals surface area contributed by atoms with E-state index in [1.54, 1.807) is 13.0 Å². The quantitative estimate of drug-likeness (QED) is 0.364. The molecule has 2 heterocycles. The topological polar surface area (TPSA) is 86.0 Å². The van der Waals surface area contributed by atoms with Crippen LogP contribution in [0.15, 0.2) is 43.0 Å². The van der Waals surface area contributed by atoms with Crippen molar-refractivity contribution in [3.8, 4) is 11.7 Å². The van der Waals surface area contributed by atoms with Gasteiger partial charge in [0.2, 0.25) is 0 Å². The highest BCUT2D eigenvalue weighted by Crippen LogP contribution is 2.37. The molecule has 0 aliphatic heterocycles. The fourth-order valence-electron chi connectivity index (χ4n) is 3.42. The number of halogens is 7. The number of nitrogens with zero attached hydrogens (tertiary/aromatic N) is 6. The van der Waals surface area contributed by atoms with Crippen LogP contribution in [0.4, 0.5) is 30.7 Å². The van der Waals surface area contributed by atoms with E-state index in [-0.39, 0.29) is 30.3 Å². The summed E-state index contributed by atoms with van der Waals surface area (Å²) in [6.45, 7) is 1.66. The molecular weight excluding hydrogens is 513 g/mol. The second kappa shape index (κ2) is 9.94. The molecule has 1 aromatic carbocycles. The van der Waals surface area contributed by atoms with Crippen molar-refractivity contribution in [3.05, 3.63) is 59.9 Å². The van der Waals surface area contributed by atoms with E-state index < -0.39 is 47.5 Å². The fraction of sp³-hybridized carbons (Fsp3) is 0.409. The normalized spacial score (nSPS) is 15.1. The summed E-state index contributed by atoms with van der Waals surface area (Å²) in [6.07, 6.45) is -8.66. The Morgan fingerprint density at radius 3 is 2.38 bits per heavy atom. The van der Waals surface area contributed by atoms with Gasteiger partial charge in [-0.2, -0.15) is 35.4 Å². The van der Waals surface area contributed by atoms with E-state index in [1.165, 1.54) is 28.3 Å². The van der Waals surface area contributed by atoms with Crippen LogP contribution in [-0.4, -0.2) is 54.6 Å². The van der Waals surface area contributed by atoms with Crippen LogP contribution in [0.2, 0.25) is 0 Å². The van der Waals surface area contributed by atoms with E-state index in [9.17, 15) is 35.5 Å². The molecule has 3 aromatic rings. The van der Waals surface area contributed by atoms with Gasteiger partial charge in [-0.05, 0) is 49.9 Å². The highest BCUT2D eigenvalue weighted by Gasteiger charge is 2.45. The molecule has 198 valence electrons. The molecule has 1 aliphatic rings. The number of aromatic nitrogens is 5. The molecule has 8 nitrogen and oxygen atoms in total. The van der Waals surface area contributed by atoms with Crippen molar-refractivity contribution in [2.75, 3.05) is 6.54 Å². The summed E-state index contributed by atoms with van der Waals surface area (Å²) in [6, 6.07) is 1.88. The molecule has 1 saturated carbocycles. The number of hydrogen-bond donors (Lipinski definition) is 0. The van der Waals surface area contributed by atoms with Crippen molar-refractivity contribution in [1.82, 2.24) is 29.6 Å². The first-order valence-electron chi connectivity index (χ1n) is 10.9. The number of ether oxygens (including phenoxy) is 1. The zero-order valence-corrected chi connectivity index (χ0v) is 19.0. The summed E-state index contributed by atoms with van der Waals surface area (Å²) < 4.78 is 97.6. The largest absolute Gasteiger partial charge is 0.461 e. The van der Waals surface area contributed by atoms with Gasteiger partial charge in [-0.3, -0.25) is 4.79 Å². The first-order chi connectivity index (χ1) is 17.3. The number of hydrogen-bond acceptors (Lipinski definition) is 6. The highest BCUT2D eigenvalue weighted by atomic mass is 19.4. The lowest BCUT2D eigenvalue weighted by molar-refractivity contribution is -0.253. The van der Waals surface area contributed by atoms with E-state index in [1.807, 2.05) is 0 Å². The van der Waals surface area contributed by atoms with Crippen molar-refractivity contribution in [3.63, 3.8) is 0 Å². The predicted octanol–water partition coefficient (Wildman–Crippen LogP) is 4.93. The molecule has 0 saturated heterocycles. The smallest absolute Gasteiger partial charge is 0.428 e. The SMILES string of the molecule is CC(c1ncn(-c2ncccn2)n1)N(CC1CC1)C(=O)c1cc(OC(F)(F)C(F)F)cc(C(F)(F)F)c1. The van der Waals surface area contributed by atoms with E-state index in [0.29, 0.717) is 12.1 Å². The van der Waals surface area contributed by atoms with Crippen LogP contribution < -0.4 is 4.74 Å². The van der Waals surface area contributed by atoms with Gasteiger partial charge >= 0.3 is 18.7 Å². The summed E-state index contributed by atoms with van der Waals surface area (Å²) in [5.74, 6) is -1.83. The Labute approximate surface area is 205 Å². The number of rotatable bonds is 9.